The number of nitrogens with one attached hydrogen (secondary N) is 1. The number of hydrogen-bond donors (Lipinski definition) is 1. The average Bonchev–Trinajstić information content (AvgIpc) is 2.66. The standard InChI is InChI=1S/C20H16ClN3O/c21-18-8-2-1-5-15(18)9-10-19(25)24-14-17-7-4-12-23-20(17)16-6-3-11-22-13-16/h1-13H,14H2,(H,24,25)/b10-9+. The van der Waals surface area contributed by atoms with Crippen LogP contribution in [0.15, 0.2) is 73.2 Å². The maximum atomic E-state index is 12.1. The summed E-state index contributed by atoms with van der Waals surface area (Å²) in [7, 11) is 0. The van der Waals surface area contributed by atoms with Gasteiger partial charge in [-0.1, -0.05) is 35.9 Å². The number of nitrogens with zero attached hydrogens (tertiary/aromatic N) is 2. The van der Waals surface area contributed by atoms with Gasteiger partial charge in [0.25, 0.3) is 0 Å². The van der Waals surface area contributed by atoms with E-state index in [1.165, 1.54) is 6.08 Å². The Morgan fingerprint density at radius 1 is 1.08 bits per heavy atom. The Balaban J connectivity index is 1.68. The number of aromatic nitrogens is 2. The largest absolute Gasteiger partial charge is 0.348 e. The molecule has 0 atom stereocenters. The molecule has 0 aliphatic carbocycles. The molecule has 0 fully saturated rings. The molecule has 0 radical (unpaired) electrons. The summed E-state index contributed by atoms with van der Waals surface area (Å²) in [5.41, 5.74) is 3.46. The van der Waals surface area contributed by atoms with Crippen molar-refractivity contribution in [1.29, 1.82) is 0 Å². The zero-order valence-corrected chi connectivity index (χ0v) is 14.1. The van der Waals surface area contributed by atoms with E-state index >= 15 is 0 Å². The highest BCUT2D eigenvalue weighted by Crippen LogP contribution is 2.20. The first-order valence-corrected chi connectivity index (χ1v) is 8.16. The molecule has 0 unspecified atom stereocenters. The topological polar surface area (TPSA) is 54.9 Å². The van der Waals surface area contributed by atoms with Gasteiger partial charge < -0.3 is 5.32 Å². The molecule has 0 bridgehead atoms. The van der Waals surface area contributed by atoms with Crippen LogP contribution in [0, 0.1) is 0 Å². The van der Waals surface area contributed by atoms with E-state index in [0.717, 1.165) is 22.4 Å². The Morgan fingerprint density at radius 3 is 2.72 bits per heavy atom. The van der Waals surface area contributed by atoms with E-state index in [1.807, 2.05) is 42.5 Å². The second-order valence-electron chi connectivity index (χ2n) is 5.33. The van der Waals surface area contributed by atoms with Crippen LogP contribution in [0.2, 0.25) is 5.02 Å². The van der Waals surface area contributed by atoms with Crippen LogP contribution in [0.1, 0.15) is 11.1 Å². The summed E-state index contributed by atoms with van der Waals surface area (Å²) >= 11 is 6.07. The first kappa shape index (κ1) is 16.9. The molecule has 0 aliphatic heterocycles. The predicted molar refractivity (Wildman–Crippen MR) is 99.8 cm³/mol. The Morgan fingerprint density at radius 2 is 1.92 bits per heavy atom. The van der Waals surface area contributed by atoms with E-state index in [-0.39, 0.29) is 5.91 Å². The van der Waals surface area contributed by atoms with E-state index < -0.39 is 0 Å². The molecule has 1 amide bonds. The molecule has 3 rings (SSSR count). The van der Waals surface area contributed by atoms with Crippen molar-refractivity contribution in [2.75, 3.05) is 0 Å². The molecule has 0 aliphatic rings. The number of carbonyl (C=O) groups excluding carboxylic acids is 1. The monoisotopic (exact) mass is 349 g/mol. The minimum atomic E-state index is -0.194. The molecule has 124 valence electrons. The van der Waals surface area contributed by atoms with Gasteiger partial charge in [-0.2, -0.15) is 0 Å². The van der Waals surface area contributed by atoms with Crippen molar-refractivity contribution in [3.8, 4) is 11.3 Å². The van der Waals surface area contributed by atoms with Gasteiger partial charge in [0.15, 0.2) is 0 Å². The van der Waals surface area contributed by atoms with E-state index in [2.05, 4.69) is 15.3 Å². The molecule has 1 N–H and O–H groups in total. The minimum absolute atomic E-state index is 0.194. The minimum Gasteiger partial charge on any atom is -0.348 e. The zero-order chi connectivity index (χ0) is 17.5. The van der Waals surface area contributed by atoms with Gasteiger partial charge in [0, 0.05) is 41.8 Å². The van der Waals surface area contributed by atoms with Gasteiger partial charge in [-0.05, 0) is 41.5 Å². The van der Waals surface area contributed by atoms with Crippen molar-refractivity contribution in [3.63, 3.8) is 0 Å². The lowest BCUT2D eigenvalue weighted by molar-refractivity contribution is -0.116. The van der Waals surface area contributed by atoms with Gasteiger partial charge in [0.1, 0.15) is 0 Å². The highest BCUT2D eigenvalue weighted by molar-refractivity contribution is 6.32. The molecule has 1 aromatic carbocycles. The van der Waals surface area contributed by atoms with Crippen molar-refractivity contribution < 1.29 is 4.79 Å². The lowest BCUT2D eigenvalue weighted by Gasteiger charge is -2.08. The molecule has 0 saturated carbocycles. The summed E-state index contributed by atoms with van der Waals surface area (Å²) in [6.07, 6.45) is 8.37. The maximum Gasteiger partial charge on any atom is 0.244 e. The number of rotatable bonds is 5. The number of pyridine rings is 2. The average molecular weight is 350 g/mol. The van der Waals surface area contributed by atoms with Crippen molar-refractivity contribution in [1.82, 2.24) is 15.3 Å². The first-order valence-electron chi connectivity index (χ1n) is 7.79. The van der Waals surface area contributed by atoms with Gasteiger partial charge in [-0.25, -0.2) is 0 Å². The summed E-state index contributed by atoms with van der Waals surface area (Å²) in [5, 5.41) is 3.48. The summed E-state index contributed by atoms with van der Waals surface area (Å²) in [4.78, 5) is 20.6. The molecular formula is C20H16ClN3O. The van der Waals surface area contributed by atoms with Crippen LogP contribution in [-0.2, 0) is 11.3 Å². The van der Waals surface area contributed by atoms with Gasteiger partial charge in [-0.15, -0.1) is 0 Å². The second-order valence-corrected chi connectivity index (χ2v) is 5.73. The summed E-state index contributed by atoms with van der Waals surface area (Å²) in [6.45, 7) is 0.379. The molecule has 0 spiro atoms. The Hall–Kier alpha value is -2.98. The summed E-state index contributed by atoms with van der Waals surface area (Å²) < 4.78 is 0. The molecule has 2 heterocycles. The van der Waals surface area contributed by atoms with Gasteiger partial charge >= 0.3 is 0 Å². The van der Waals surface area contributed by atoms with Crippen LogP contribution in [0.3, 0.4) is 0 Å². The lowest BCUT2D eigenvalue weighted by Crippen LogP contribution is -2.20. The normalized spacial score (nSPS) is 10.8. The first-order chi connectivity index (χ1) is 12.2. The van der Waals surface area contributed by atoms with Crippen LogP contribution in [-0.4, -0.2) is 15.9 Å². The highest BCUT2D eigenvalue weighted by atomic mass is 35.5. The molecule has 3 aromatic rings. The summed E-state index contributed by atoms with van der Waals surface area (Å²) in [6, 6.07) is 15.0. The third-order valence-electron chi connectivity index (χ3n) is 3.60. The van der Waals surface area contributed by atoms with E-state index in [0.29, 0.717) is 11.6 Å². The van der Waals surface area contributed by atoms with E-state index in [4.69, 9.17) is 11.6 Å². The SMILES string of the molecule is O=C(/C=C/c1ccccc1Cl)NCc1cccnc1-c1cccnc1. The number of carbonyl (C=O) groups is 1. The van der Waals surface area contributed by atoms with E-state index in [9.17, 15) is 4.79 Å². The van der Waals surface area contributed by atoms with Crippen molar-refractivity contribution in [2.45, 2.75) is 6.54 Å². The fraction of sp³-hybridized carbons (Fsp3) is 0.0500. The third-order valence-corrected chi connectivity index (χ3v) is 3.94. The van der Waals surface area contributed by atoms with E-state index in [1.54, 1.807) is 30.7 Å². The fourth-order valence-corrected chi connectivity index (χ4v) is 2.56. The Kier molecular flexibility index (Phi) is 5.54. The smallest absolute Gasteiger partial charge is 0.244 e. The number of amides is 1. The molecule has 4 nitrogen and oxygen atoms in total. The Labute approximate surface area is 151 Å². The number of halogens is 1. The zero-order valence-electron chi connectivity index (χ0n) is 13.4. The third kappa shape index (κ3) is 4.52. The quantitative estimate of drug-likeness (QED) is 0.705. The lowest BCUT2D eigenvalue weighted by atomic mass is 10.1. The number of hydrogen-bond acceptors (Lipinski definition) is 3. The van der Waals surface area contributed by atoms with Crippen molar-refractivity contribution in [2.24, 2.45) is 0 Å². The second kappa shape index (κ2) is 8.22. The number of benzene rings is 1. The molecule has 5 heteroatoms. The van der Waals surface area contributed by atoms with Crippen LogP contribution in [0.4, 0.5) is 0 Å². The summed E-state index contributed by atoms with van der Waals surface area (Å²) in [5.74, 6) is -0.194. The van der Waals surface area contributed by atoms with Gasteiger partial charge in [0.2, 0.25) is 5.91 Å². The van der Waals surface area contributed by atoms with Crippen LogP contribution >= 0.6 is 11.6 Å². The van der Waals surface area contributed by atoms with Crippen molar-refractivity contribution >= 4 is 23.6 Å². The fourth-order valence-electron chi connectivity index (χ4n) is 2.36. The highest BCUT2D eigenvalue weighted by Gasteiger charge is 2.07. The van der Waals surface area contributed by atoms with Crippen LogP contribution in [0.25, 0.3) is 17.3 Å². The maximum absolute atomic E-state index is 12.1. The van der Waals surface area contributed by atoms with Gasteiger partial charge in [0.05, 0.1) is 5.69 Å². The van der Waals surface area contributed by atoms with Crippen LogP contribution < -0.4 is 5.32 Å². The predicted octanol–water partition coefficient (Wildman–Crippen LogP) is 4.13. The van der Waals surface area contributed by atoms with Gasteiger partial charge in [-0.3, -0.25) is 14.8 Å². The van der Waals surface area contributed by atoms with Crippen molar-refractivity contribution in [3.05, 3.63) is 89.3 Å². The van der Waals surface area contributed by atoms with Crippen LogP contribution in [0.5, 0.6) is 0 Å². The molecule has 2 aromatic heterocycles. The molecule has 0 saturated heterocycles. The molecular weight excluding hydrogens is 334 g/mol. The molecule has 25 heavy (non-hydrogen) atoms. The Bertz CT molecular complexity index is 894.